The first-order valence-corrected chi connectivity index (χ1v) is 5.09. The van der Waals surface area contributed by atoms with Gasteiger partial charge in [0.05, 0.1) is 0 Å². The lowest BCUT2D eigenvalue weighted by Gasteiger charge is -2.23. The van der Waals surface area contributed by atoms with Gasteiger partial charge in [0.1, 0.15) is 5.54 Å². The summed E-state index contributed by atoms with van der Waals surface area (Å²) < 4.78 is 0. The van der Waals surface area contributed by atoms with Crippen molar-refractivity contribution in [1.82, 2.24) is 10.2 Å². The number of nitrogens with zero attached hydrogens (tertiary/aromatic N) is 1. The van der Waals surface area contributed by atoms with Crippen LogP contribution in [-0.2, 0) is 4.79 Å². The quantitative estimate of drug-likeness (QED) is 0.713. The van der Waals surface area contributed by atoms with Gasteiger partial charge in [-0.2, -0.15) is 0 Å². The number of hydrogen-bond donors (Lipinski definition) is 2. The summed E-state index contributed by atoms with van der Waals surface area (Å²) in [5.41, 5.74) is -0.568. The molecule has 0 spiro atoms. The van der Waals surface area contributed by atoms with Crippen molar-refractivity contribution in [3.63, 3.8) is 0 Å². The molecule has 1 aliphatic rings. The van der Waals surface area contributed by atoms with Crippen LogP contribution in [0.15, 0.2) is 0 Å². The summed E-state index contributed by atoms with van der Waals surface area (Å²) >= 11 is 0. The van der Waals surface area contributed by atoms with E-state index in [0.717, 1.165) is 6.42 Å². The van der Waals surface area contributed by atoms with Crippen molar-refractivity contribution in [1.29, 1.82) is 5.41 Å². The molecule has 1 saturated heterocycles. The van der Waals surface area contributed by atoms with Gasteiger partial charge in [0, 0.05) is 6.54 Å². The number of guanidine groups is 1. The van der Waals surface area contributed by atoms with Crippen LogP contribution in [0.3, 0.4) is 0 Å². The third-order valence-corrected chi connectivity index (χ3v) is 2.51. The van der Waals surface area contributed by atoms with Crippen LogP contribution in [0.5, 0.6) is 0 Å². The Morgan fingerprint density at radius 1 is 1.57 bits per heavy atom. The second-order valence-electron chi connectivity index (χ2n) is 4.45. The van der Waals surface area contributed by atoms with Gasteiger partial charge in [0.25, 0.3) is 5.91 Å². The molecule has 0 bridgehead atoms. The lowest BCUT2D eigenvalue weighted by molar-refractivity contribution is -0.130. The molecule has 1 fully saturated rings. The molecule has 0 aromatic heterocycles. The van der Waals surface area contributed by atoms with Crippen LogP contribution >= 0.6 is 0 Å². The third-order valence-electron chi connectivity index (χ3n) is 2.51. The van der Waals surface area contributed by atoms with Crippen molar-refractivity contribution in [2.45, 2.75) is 39.7 Å². The maximum Gasteiger partial charge on any atom is 0.254 e. The minimum absolute atomic E-state index is 0.0266. The number of amides is 1. The van der Waals surface area contributed by atoms with Crippen molar-refractivity contribution < 1.29 is 4.79 Å². The molecule has 4 nitrogen and oxygen atoms in total. The van der Waals surface area contributed by atoms with E-state index in [-0.39, 0.29) is 11.9 Å². The highest BCUT2D eigenvalue weighted by Gasteiger charge is 2.45. The molecule has 1 rings (SSSR count). The fraction of sp³-hybridized carbons (Fsp3) is 0.800. The van der Waals surface area contributed by atoms with Gasteiger partial charge in [-0.25, -0.2) is 0 Å². The summed E-state index contributed by atoms with van der Waals surface area (Å²) in [6.07, 6.45) is 0.769. The second-order valence-corrected chi connectivity index (χ2v) is 4.45. The number of carbonyl (C=O) groups excluding carboxylic acids is 1. The van der Waals surface area contributed by atoms with Crippen molar-refractivity contribution in [3.8, 4) is 0 Å². The van der Waals surface area contributed by atoms with Gasteiger partial charge in [-0.15, -0.1) is 0 Å². The normalized spacial score (nSPS) is 27.4. The van der Waals surface area contributed by atoms with Gasteiger partial charge < -0.3 is 5.32 Å². The van der Waals surface area contributed by atoms with Crippen LogP contribution in [0.25, 0.3) is 0 Å². The molecule has 0 aromatic carbocycles. The summed E-state index contributed by atoms with van der Waals surface area (Å²) in [4.78, 5) is 13.4. The minimum Gasteiger partial charge on any atom is -0.342 e. The summed E-state index contributed by atoms with van der Waals surface area (Å²) in [7, 11) is 0. The molecule has 2 N–H and O–H groups in total. The molecule has 0 aromatic rings. The summed E-state index contributed by atoms with van der Waals surface area (Å²) in [5, 5.41) is 10.6. The van der Waals surface area contributed by atoms with Gasteiger partial charge >= 0.3 is 0 Å². The van der Waals surface area contributed by atoms with Crippen LogP contribution in [0, 0.1) is 11.3 Å². The van der Waals surface area contributed by atoms with E-state index in [4.69, 9.17) is 5.41 Å². The Kier molecular flexibility index (Phi) is 2.83. The van der Waals surface area contributed by atoms with Gasteiger partial charge in [-0.3, -0.25) is 15.1 Å². The Bertz CT molecular complexity index is 262. The molecule has 1 heterocycles. The summed E-state index contributed by atoms with van der Waals surface area (Å²) in [6, 6.07) is 0. The lowest BCUT2D eigenvalue weighted by Crippen LogP contribution is -2.45. The van der Waals surface area contributed by atoms with Crippen LogP contribution in [0.1, 0.15) is 34.1 Å². The number of rotatable bonds is 3. The van der Waals surface area contributed by atoms with E-state index in [0.29, 0.717) is 12.5 Å². The van der Waals surface area contributed by atoms with Crippen molar-refractivity contribution in [2.75, 3.05) is 6.54 Å². The first kappa shape index (κ1) is 11.0. The zero-order chi connectivity index (χ0) is 10.9. The average Bonchev–Trinajstić information content (AvgIpc) is 2.21. The van der Waals surface area contributed by atoms with Gasteiger partial charge in [-0.1, -0.05) is 13.8 Å². The first-order chi connectivity index (χ1) is 6.40. The summed E-state index contributed by atoms with van der Waals surface area (Å²) in [5.74, 6) is 0.709. The van der Waals surface area contributed by atoms with Gasteiger partial charge in [0.15, 0.2) is 5.96 Å². The van der Waals surface area contributed by atoms with E-state index < -0.39 is 5.54 Å². The predicted octanol–water partition coefficient (Wildman–Crippen LogP) is 1.18. The van der Waals surface area contributed by atoms with Crippen LogP contribution in [-0.4, -0.2) is 28.9 Å². The standard InChI is InChI=1S/C10H19N3O/c1-5-13-8(14)10(4,6-7(2)3)12-9(13)11/h7H,5-6H2,1-4H3,(H2,11,12). The molecule has 80 valence electrons. The minimum atomic E-state index is -0.568. The molecule has 0 aliphatic carbocycles. The largest absolute Gasteiger partial charge is 0.342 e. The Hall–Kier alpha value is -1.06. The van der Waals surface area contributed by atoms with E-state index in [2.05, 4.69) is 19.2 Å². The van der Waals surface area contributed by atoms with E-state index in [1.54, 1.807) is 0 Å². The zero-order valence-electron chi connectivity index (χ0n) is 9.35. The number of hydrogen-bond acceptors (Lipinski definition) is 2. The average molecular weight is 197 g/mol. The SMILES string of the molecule is CCN1C(=N)NC(C)(CC(C)C)C1=O. The Morgan fingerprint density at radius 2 is 2.14 bits per heavy atom. The van der Waals surface area contributed by atoms with E-state index in [1.165, 1.54) is 4.90 Å². The van der Waals surface area contributed by atoms with Crippen LogP contribution in [0.2, 0.25) is 0 Å². The zero-order valence-corrected chi connectivity index (χ0v) is 9.35. The van der Waals surface area contributed by atoms with Crippen LogP contribution < -0.4 is 5.32 Å². The topological polar surface area (TPSA) is 56.2 Å². The molecule has 1 amide bonds. The van der Waals surface area contributed by atoms with Crippen molar-refractivity contribution in [3.05, 3.63) is 0 Å². The number of nitrogens with one attached hydrogen (secondary N) is 2. The first-order valence-electron chi connectivity index (χ1n) is 5.09. The van der Waals surface area contributed by atoms with Crippen molar-refractivity contribution in [2.24, 2.45) is 5.92 Å². The molecule has 1 aliphatic heterocycles. The molecule has 1 atom stereocenters. The molecule has 0 saturated carbocycles. The lowest BCUT2D eigenvalue weighted by atomic mass is 9.91. The Balaban J connectivity index is 2.83. The Labute approximate surface area is 85.2 Å². The monoisotopic (exact) mass is 197 g/mol. The predicted molar refractivity (Wildman–Crippen MR) is 56.1 cm³/mol. The molecular formula is C10H19N3O. The molecule has 0 radical (unpaired) electrons. The highest BCUT2D eigenvalue weighted by molar-refractivity contribution is 6.07. The maximum atomic E-state index is 11.9. The van der Waals surface area contributed by atoms with Crippen molar-refractivity contribution >= 4 is 11.9 Å². The summed E-state index contributed by atoms with van der Waals surface area (Å²) in [6.45, 7) is 8.49. The van der Waals surface area contributed by atoms with Gasteiger partial charge in [0.2, 0.25) is 0 Å². The van der Waals surface area contributed by atoms with Gasteiger partial charge in [-0.05, 0) is 26.2 Å². The van der Waals surface area contributed by atoms with E-state index in [1.807, 2.05) is 13.8 Å². The molecule has 1 unspecified atom stereocenters. The highest BCUT2D eigenvalue weighted by Crippen LogP contribution is 2.24. The molecule has 4 heteroatoms. The molecular weight excluding hydrogens is 178 g/mol. The second kappa shape index (κ2) is 3.59. The maximum absolute atomic E-state index is 11.9. The molecule has 14 heavy (non-hydrogen) atoms. The number of carbonyl (C=O) groups is 1. The smallest absolute Gasteiger partial charge is 0.254 e. The van der Waals surface area contributed by atoms with E-state index >= 15 is 0 Å². The van der Waals surface area contributed by atoms with E-state index in [9.17, 15) is 4.79 Å². The third kappa shape index (κ3) is 1.74. The fourth-order valence-electron chi connectivity index (χ4n) is 2.04. The number of likely N-dealkylation sites (N-methyl/N-ethyl adjacent to an activating group) is 1. The van der Waals surface area contributed by atoms with Crippen LogP contribution in [0.4, 0.5) is 0 Å². The fourth-order valence-corrected chi connectivity index (χ4v) is 2.04. The Morgan fingerprint density at radius 3 is 2.50 bits per heavy atom. The highest BCUT2D eigenvalue weighted by atomic mass is 16.2.